The maximum absolute atomic E-state index is 10.9. The summed E-state index contributed by atoms with van der Waals surface area (Å²) in [6.07, 6.45) is 5.37. The molecule has 0 spiro atoms. The second-order valence-electron chi connectivity index (χ2n) is 5.47. The number of aromatic carboxylic acids is 1. The zero-order valence-electron chi connectivity index (χ0n) is 10.4. The van der Waals surface area contributed by atoms with E-state index in [-0.39, 0.29) is 5.69 Å². The van der Waals surface area contributed by atoms with Crippen LogP contribution in [0, 0.1) is 11.8 Å². The van der Waals surface area contributed by atoms with Gasteiger partial charge in [-0.15, -0.1) is 0 Å². The van der Waals surface area contributed by atoms with E-state index in [0.717, 1.165) is 30.7 Å². The number of pyridine rings is 1. The monoisotopic (exact) mass is 246 g/mol. The van der Waals surface area contributed by atoms with Gasteiger partial charge in [0.2, 0.25) is 0 Å². The van der Waals surface area contributed by atoms with Gasteiger partial charge < -0.3 is 10.0 Å². The molecule has 4 heteroatoms. The molecule has 1 saturated carbocycles. The Morgan fingerprint density at radius 3 is 2.89 bits per heavy atom. The van der Waals surface area contributed by atoms with Crippen LogP contribution in [-0.2, 0) is 0 Å². The first-order chi connectivity index (χ1) is 8.72. The summed E-state index contributed by atoms with van der Waals surface area (Å²) in [5, 5.41) is 8.95. The number of carbonyl (C=O) groups is 1. The molecule has 1 aromatic heterocycles. The molecule has 3 rings (SSSR count). The van der Waals surface area contributed by atoms with Crippen LogP contribution >= 0.6 is 0 Å². The molecular weight excluding hydrogens is 228 g/mol. The average molecular weight is 246 g/mol. The van der Waals surface area contributed by atoms with Crippen molar-refractivity contribution in [2.24, 2.45) is 11.8 Å². The molecule has 1 N–H and O–H groups in total. The molecule has 1 atom stereocenters. The molecule has 0 aromatic carbocycles. The zero-order chi connectivity index (χ0) is 12.5. The molecule has 2 heterocycles. The molecule has 0 amide bonds. The van der Waals surface area contributed by atoms with Gasteiger partial charge in [0.1, 0.15) is 5.82 Å². The SMILES string of the molecule is O=C(O)c1cccc(N2CCC(CC3CC3)C2)n1. The predicted octanol–water partition coefficient (Wildman–Crippen LogP) is 2.41. The normalized spacial score (nSPS) is 23.3. The Hall–Kier alpha value is -1.58. The fraction of sp³-hybridized carbons (Fsp3) is 0.571. The van der Waals surface area contributed by atoms with Crippen molar-refractivity contribution < 1.29 is 9.90 Å². The summed E-state index contributed by atoms with van der Waals surface area (Å²) >= 11 is 0. The van der Waals surface area contributed by atoms with Crippen molar-refractivity contribution in [3.63, 3.8) is 0 Å². The summed E-state index contributed by atoms with van der Waals surface area (Å²) in [6.45, 7) is 2.04. The molecule has 0 radical (unpaired) electrons. The minimum Gasteiger partial charge on any atom is -0.477 e. The van der Waals surface area contributed by atoms with E-state index in [9.17, 15) is 4.79 Å². The van der Waals surface area contributed by atoms with E-state index in [0.29, 0.717) is 0 Å². The average Bonchev–Trinajstić information content (AvgIpc) is 3.05. The van der Waals surface area contributed by atoms with E-state index >= 15 is 0 Å². The Balaban J connectivity index is 1.67. The minimum absolute atomic E-state index is 0.137. The van der Waals surface area contributed by atoms with Crippen molar-refractivity contribution >= 4 is 11.8 Å². The highest BCUT2D eigenvalue weighted by molar-refractivity contribution is 5.85. The van der Waals surface area contributed by atoms with Crippen molar-refractivity contribution in [3.8, 4) is 0 Å². The van der Waals surface area contributed by atoms with Crippen LogP contribution in [0.15, 0.2) is 18.2 Å². The number of anilines is 1. The van der Waals surface area contributed by atoms with Gasteiger partial charge in [-0.05, 0) is 36.8 Å². The Morgan fingerprint density at radius 1 is 1.33 bits per heavy atom. The molecular formula is C14H18N2O2. The lowest BCUT2D eigenvalue weighted by Crippen LogP contribution is -2.21. The highest BCUT2D eigenvalue weighted by atomic mass is 16.4. The largest absolute Gasteiger partial charge is 0.477 e. The van der Waals surface area contributed by atoms with Gasteiger partial charge in [-0.25, -0.2) is 9.78 Å². The first kappa shape index (κ1) is 11.5. The standard InChI is InChI=1S/C14H18N2O2/c17-14(18)12-2-1-3-13(15-12)16-7-6-11(9-16)8-10-4-5-10/h1-3,10-11H,4-9H2,(H,17,18). The van der Waals surface area contributed by atoms with E-state index in [1.54, 1.807) is 12.1 Å². The molecule has 0 bridgehead atoms. The second kappa shape index (κ2) is 4.59. The number of rotatable bonds is 4. The van der Waals surface area contributed by atoms with E-state index in [4.69, 9.17) is 5.11 Å². The van der Waals surface area contributed by atoms with Gasteiger partial charge in [0.15, 0.2) is 5.69 Å². The number of hydrogen-bond acceptors (Lipinski definition) is 3. The lowest BCUT2D eigenvalue weighted by molar-refractivity contribution is 0.0690. The molecule has 1 aromatic rings. The maximum atomic E-state index is 10.9. The molecule has 96 valence electrons. The summed E-state index contributed by atoms with van der Waals surface area (Å²) in [7, 11) is 0. The zero-order valence-corrected chi connectivity index (χ0v) is 10.4. The molecule has 1 saturated heterocycles. The van der Waals surface area contributed by atoms with Crippen LogP contribution in [0.2, 0.25) is 0 Å². The number of aromatic nitrogens is 1. The summed E-state index contributed by atoms with van der Waals surface area (Å²) in [4.78, 5) is 17.3. The molecule has 2 fully saturated rings. The van der Waals surface area contributed by atoms with E-state index < -0.39 is 5.97 Å². The predicted molar refractivity (Wildman–Crippen MR) is 68.9 cm³/mol. The van der Waals surface area contributed by atoms with Crippen molar-refractivity contribution in [1.82, 2.24) is 4.98 Å². The Labute approximate surface area is 107 Å². The van der Waals surface area contributed by atoms with Crippen LogP contribution in [0.25, 0.3) is 0 Å². The number of nitrogens with zero attached hydrogens (tertiary/aromatic N) is 2. The molecule has 1 unspecified atom stereocenters. The van der Waals surface area contributed by atoms with Crippen molar-refractivity contribution in [3.05, 3.63) is 23.9 Å². The van der Waals surface area contributed by atoms with Crippen molar-refractivity contribution in [2.45, 2.75) is 25.7 Å². The highest BCUT2D eigenvalue weighted by Gasteiger charge is 2.30. The third-order valence-electron chi connectivity index (χ3n) is 3.93. The Kier molecular flexibility index (Phi) is 2.94. The third-order valence-corrected chi connectivity index (χ3v) is 3.93. The molecule has 1 aliphatic heterocycles. The van der Waals surface area contributed by atoms with Crippen molar-refractivity contribution in [1.29, 1.82) is 0 Å². The second-order valence-corrected chi connectivity index (χ2v) is 5.47. The minimum atomic E-state index is -0.953. The first-order valence-electron chi connectivity index (χ1n) is 6.67. The highest BCUT2D eigenvalue weighted by Crippen LogP contribution is 2.38. The van der Waals surface area contributed by atoms with Crippen LogP contribution in [0.3, 0.4) is 0 Å². The lowest BCUT2D eigenvalue weighted by atomic mass is 10.0. The quantitative estimate of drug-likeness (QED) is 0.886. The number of carboxylic acids is 1. The summed E-state index contributed by atoms with van der Waals surface area (Å²) in [5.41, 5.74) is 0.137. The van der Waals surface area contributed by atoms with Gasteiger partial charge >= 0.3 is 5.97 Å². The van der Waals surface area contributed by atoms with Gasteiger partial charge in [-0.2, -0.15) is 0 Å². The molecule has 4 nitrogen and oxygen atoms in total. The van der Waals surface area contributed by atoms with E-state index in [1.165, 1.54) is 25.7 Å². The third kappa shape index (κ3) is 2.47. The molecule has 1 aliphatic carbocycles. The molecule has 2 aliphatic rings. The fourth-order valence-corrected chi connectivity index (χ4v) is 2.78. The van der Waals surface area contributed by atoms with Gasteiger partial charge in [0.25, 0.3) is 0 Å². The van der Waals surface area contributed by atoms with Gasteiger partial charge in [-0.1, -0.05) is 18.9 Å². The number of hydrogen-bond donors (Lipinski definition) is 1. The van der Waals surface area contributed by atoms with E-state index in [2.05, 4.69) is 9.88 Å². The number of carboxylic acid groups (broad SMARTS) is 1. The first-order valence-corrected chi connectivity index (χ1v) is 6.67. The van der Waals surface area contributed by atoms with E-state index in [1.807, 2.05) is 6.07 Å². The van der Waals surface area contributed by atoms with Gasteiger partial charge in [0.05, 0.1) is 0 Å². The summed E-state index contributed by atoms with van der Waals surface area (Å²) < 4.78 is 0. The van der Waals surface area contributed by atoms with Crippen LogP contribution in [-0.4, -0.2) is 29.1 Å². The van der Waals surface area contributed by atoms with Crippen LogP contribution in [0.5, 0.6) is 0 Å². The smallest absolute Gasteiger partial charge is 0.354 e. The fourth-order valence-electron chi connectivity index (χ4n) is 2.78. The molecule has 18 heavy (non-hydrogen) atoms. The lowest BCUT2D eigenvalue weighted by Gasteiger charge is -2.17. The topological polar surface area (TPSA) is 53.4 Å². The maximum Gasteiger partial charge on any atom is 0.354 e. The van der Waals surface area contributed by atoms with Gasteiger partial charge in [0, 0.05) is 13.1 Å². The summed E-state index contributed by atoms with van der Waals surface area (Å²) in [6, 6.07) is 5.23. The van der Waals surface area contributed by atoms with Gasteiger partial charge in [-0.3, -0.25) is 0 Å². The summed E-state index contributed by atoms with van der Waals surface area (Å²) in [5.74, 6) is 1.60. The van der Waals surface area contributed by atoms with Crippen LogP contribution < -0.4 is 4.90 Å². The van der Waals surface area contributed by atoms with Crippen molar-refractivity contribution in [2.75, 3.05) is 18.0 Å². The van der Waals surface area contributed by atoms with Crippen LogP contribution in [0.1, 0.15) is 36.2 Å². The Morgan fingerprint density at radius 2 is 2.17 bits per heavy atom. The van der Waals surface area contributed by atoms with Crippen LogP contribution in [0.4, 0.5) is 5.82 Å². The Bertz CT molecular complexity index is 457.